The maximum atomic E-state index is 12.2. The summed E-state index contributed by atoms with van der Waals surface area (Å²) in [4.78, 5) is 12.2. The highest BCUT2D eigenvalue weighted by atomic mass is 35.5. The molecule has 1 N–H and O–H groups in total. The maximum absolute atomic E-state index is 12.2. The SMILES string of the molecule is COCCCNC(=O)/C(C#N)=C/c1cc(C)n(-c2cccc(Cl)c2C)c1C. The Morgan fingerprint density at radius 1 is 1.37 bits per heavy atom. The normalized spacial score (nSPS) is 11.3. The van der Waals surface area contributed by atoms with Crippen molar-refractivity contribution >= 4 is 23.6 Å². The van der Waals surface area contributed by atoms with Crippen LogP contribution in [0.15, 0.2) is 29.8 Å². The third kappa shape index (κ3) is 4.79. The molecule has 0 bridgehead atoms. The van der Waals surface area contributed by atoms with Crippen LogP contribution < -0.4 is 5.32 Å². The molecule has 2 aromatic rings. The fourth-order valence-corrected chi connectivity index (χ4v) is 3.13. The Bertz CT molecular complexity index is 907. The highest BCUT2D eigenvalue weighted by Gasteiger charge is 2.15. The van der Waals surface area contributed by atoms with Crippen molar-refractivity contribution in [1.82, 2.24) is 9.88 Å². The molecule has 0 radical (unpaired) electrons. The standard InChI is InChI=1S/C21H24ClN3O2/c1-14-11-17(12-18(13-23)21(26)24-9-6-10-27-4)16(3)25(14)20-8-5-7-19(22)15(20)2/h5,7-8,11-12H,6,9-10H2,1-4H3,(H,24,26)/b18-12+. The average Bonchev–Trinajstić information content (AvgIpc) is 2.92. The predicted octanol–water partition coefficient (Wildman–Crippen LogP) is 4.12. The fraction of sp³-hybridized carbons (Fsp3) is 0.333. The van der Waals surface area contributed by atoms with E-state index in [0.29, 0.717) is 24.6 Å². The minimum absolute atomic E-state index is 0.0792. The summed E-state index contributed by atoms with van der Waals surface area (Å²) in [7, 11) is 1.61. The number of nitriles is 1. The number of nitrogens with one attached hydrogen (secondary N) is 1. The van der Waals surface area contributed by atoms with Gasteiger partial charge in [0.2, 0.25) is 0 Å². The minimum Gasteiger partial charge on any atom is -0.385 e. The number of nitrogens with zero attached hydrogens (tertiary/aromatic N) is 2. The molecule has 142 valence electrons. The minimum atomic E-state index is -0.377. The summed E-state index contributed by atoms with van der Waals surface area (Å²) in [5.41, 5.74) is 4.82. The molecule has 5 nitrogen and oxygen atoms in total. The zero-order valence-electron chi connectivity index (χ0n) is 16.1. The second-order valence-electron chi connectivity index (χ2n) is 6.32. The Balaban J connectivity index is 2.34. The first-order valence-corrected chi connectivity index (χ1v) is 9.11. The van der Waals surface area contributed by atoms with Gasteiger partial charge in [0.15, 0.2) is 0 Å². The first-order chi connectivity index (χ1) is 12.9. The molecular weight excluding hydrogens is 362 g/mol. The Morgan fingerprint density at radius 2 is 2.11 bits per heavy atom. The van der Waals surface area contributed by atoms with Crippen molar-refractivity contribution in [1.29, 1.82) is 5.26 Å². The molecular formula is C21H24ClN3O2. The largest absolute Gasteiger partial charge is 0.385 e. The van der Waals surface area contributed by atoms with E-state index in [2.05, 4.69) is 9.88 Å². The molecule has 0 aliphatic rings. The van der Waals surface area contributed by atoms with Gasteiger partial charge >= 0.3 is 0 Å². The van der Waals surface area contributed by atoms with Crippen LogP contribution in [0.25, 0.3) is 11.8 Å². The van der Waals surface area contributed by atoms with Crippen molar-refractivity contribution in [3.8, 4) is 11.8 Å². The van der Waals surface area contributed by atoms with E-state index < -0.39 is 0 Å². The molecule has 1 heterocycles. The van der Waals surface area contributed by atoms with Crippen LogP contribution in [-0.4, -0.2) is 30.7 Å². The van der Waals surface area contributed by atoms with Gasteiger partial charge in [-0.1, -0.05) is 17.7 Å². The Labute approximate surface area is 165 Å². The van der Waals surface area contributed by atoms with E-state index in [1.807, 2.05) is 51.1 Å². The molecule has 1 aromatic carbocycles. The lowest BCUT2D eigenvalue weighted by Gasteiger charge is -2.13. The summed E-state index contributed by atoms with van der Waals surface area (Å²) >= 11 is 6.26. The molecule has 0 fully saturated rings. The topological polar surface area (TPSA) is 67.0 Å². The zero-order valence-corrected chi connectivity index (χ0v) is 16.9. The molecule has 2 rings (SSSR count). The van der Waals surface area contributed by atoms with Gasteiger partial charge in [-0.25, -0.2) is 0 Å². The Kier molecular flexibility index (Phi) is 7.23. The zero-order chi connectivity index (χ0) is 20.0. The van der Waals surface area contributed by atoms with Crippen molar-refractivity contribution in [2.24, 2.45) is 0 Å². The number of ether oxygens (including phenoxy) is 1. The van der Waals surface area contributed by atoms with E-state index in [1.54, 1.807) is 13.2 Å². The van der Waals surface area contributed by atoms with Gasteiger partial charge in [0.05, 0.1) is 0 Å². The molecule has 0 aliphatic heterocycles. The van der Waals surface area contributed by atoms with Gasteiger partial charge in [0.25, 0.3) is 5.91 Å². The van der Waals surface area contributed by atoms with Crippen LogP contribution in [0, 0.1) is 32.1 Å². The molecule has 1 amide bonds. The number of hydrogen-bond donors (Lipinski definition) is 1. The summed E-state index contributed by atoms with van der Waals surface area (Å²) in [5.74, 6) is -0.377. The molecule has 27 heavy (non-hydrogen) atoms. The number of halogens is 1. The highest BCUT2D eigenvalue weighted by Crippen LogP contribution is 2.28. The van der Waals surface area contributed by atoms with E-state index in [-0.39, 0.29) is 11.5 Å². The van der Waals surface area contributed by atoms with Gasteiger partial charge in [-0.2, -0.15) is 5.26 Å². The summed E-state index contributed by atoms with van der Waals surface area (Å²) in [6.07, 6.45) is 2.33. The Morgan fingerprint density at radius 3 is 2.78 bits per heavy atom. The van der Waals surface area contributed by atoms with Crippen molar-refractivity contribution in [3.05, 3.63) is 57.4 Å². The Hall–Kier alpha value is -2.55. The van der Waals surface area contributed by atoms with Crippen molar-refractivity contribution < 1.29 is 9.53 Å². The number of aromatic nitrogens is 1. The number of amides is 1. The van der Waals surface area contributed by atoms with E-state index in [0.717, 1.165) is 28.2 Å². The molecule has 0 unspecified atom stereocenters. The summed E-state index contributed by atoms with van der Waals surface area (Å²) < 4.78 is 7.04. The summed E-state index contributed by atoms with van der Waals surface area (Å²) in [5, 5.41) is 12.8. The first-order valence-electron chi connectivity index (χ1n) is 8.74. The fourth-order valence-electron chi connectivity index (χ4n) is 2.96. The van der Waals surface area contributed by atoms with Gasteiger partial charge in [-0.15, -0.1) is 0 Å². The smallest absolute Gasteiger partial charge is 0.261 e. The van der Waals surface area contributed by atoms with Crippen LogP contribution in [0.1, 0.15) is 28.9 Å². The molecule has 0 saturated heterocycles. The second-order valence-corrected chi connectivity index (χ2v) is 6.73. The van der Waals surface area contributed by atoms with E-state index in [9.17, 15) is 10.1 Å². The monoisotopic (exact) mass is 385 g/mol. The number of carbonyl (C=O) groups excluding carboxylic acids is 1. The molecule has 0 spiro atoms. The van der Waals surface area contributed by atoms with Gasteiger partial charge in [0.1, 0.15) is 11.6 Å². The predicted molar refractivity (Wildman–Crippen MR) is 108 cm³/mol. The van der Waals surface area contributed by atoms with Crippen LogP contribution in [-0.2, 0) is 9.53 Å². The van der Waals surface area contributed by atoms with E-state index >= 15 is 0 Å². The number of hydrogen-bond acceptors (Lipinski definition) is 3. The average molecular weight is 386 g/mol. The summed E-state index contributed by atoms with van der Waals surface area (Å²) in [6.45, 7) is 6.95. The van der Waals surface area contributed by atoms with Crippen molar-refractivity contribution in [2.75, 3.05) is 20.3 Å². The van der Waals surface area contributed by atoms with Crippen LogP contribution >= 0.6 is 11.6 Å². The third-order valence-electron chi connectivity index (χ3n) is 4.43. The lowest BCUT2D eigenvalue weighted by atomic mass is 10.1. The first kappa shape index (κ1) is 20.8. The number of carbonyl (C=O) groups is 1. The number of methoxy groups -OCH3 is 1. The van der Waals surface area contributed by atoms with Crippen LogP contribution in [0.2, 0.25) is 5.02 Å². The molecule has 0 aliphatic carbocycles. The number of benzene rings is 1. The van der Waals surface area contributed by atoms with Gasteiger partial charge in [0, 0.05) is 42.4 Å². The van der Waals surface area contributed by atoms with Crippen LogP contribution in [0.4, 0.5) is 0 Å². The van der Waals surface area contributed by atoms with Crippen LogP contribution in [0.3, 0.4) is 0 Å². The van der Waals surface area contributed by atoms with Gasteiger partial charge in [-0.05, 0) is 62.6 Å². The number of rotatable bonds is 7. The van der Waals surface area contributed by atoms with Gasteiger partial charge in [-0.3, -0.25) is 4.79 Å². The van der Waals surface area contributed by atoms with Gasteiger partial charge < -0.3 is 14.6 Å². The lowest BCUT2D eigenvalue weighted by Crippen LogP contribution is -2.26. The van der Waals surface area contributed by atoms with Crippen molar-refractivity contribution in [3.63, 3.8) is 0 Å². The highest BCUT2D eigenvalue weighted by molar-refractivity contribution is 6.31. The quantitative estimate of drug-likeness (QED) is 0.443. The molecule has 0 atom stereocenters. The molecule has 1 aromatic heterocycles. The maximum Gasteiger partial charge on any atom is 0.261 e. The third-order valence-corrected chi connectivity index (χ3v) is 4.84. The van der Waals surface area contributed by atoms with Crippen molar-refractivity contribution in [2.45, 2.75) is 27.2 Å². The van der Waals surface area contributed by atoms with Crippen LogP contribution in [0.5, 0.6) is 0 Å². The lowest BCUT2D eigenvalue weighted by molar-refractivity contribution is -0.117. The molecule has 6 heteroatoms. The van der Waals surface area contributed by atoms with E-state index in [1.165, 1.54) is 0 Å². The molecule has 0 saturated carbocycles. The van der Waals surface area contributed by atoms with E-state index in [4.69, 9.17) is 16.3 Å². The number of aryl methyl sites for hydroxylation is 1. The summed E-state index contributed by atoms with van der Waals surface area (Å²) in [6, 6.07) is 9.73. The second kappa shape index (κ2) is 9.40.